The first-order valence-corrected chi connectivity index (χ1v) is 11.2. The normalized spacial score (nSPS) is 16.6. The number of nitrogens with one attached hydrogen (secondary N) is 1. The lowest BCUT2D eigenvalue weighted by Crippen LogP contribution is -2.33. The first-order valence-electron chi connectivity index (χ1n) is 9.59. The SMILES string of the molecule is CCCCNC1=CCC=C(S(=O)(=O)CC(C)(C)OC)C=C1N=CC(C)(C)C. The number of allylic oxidation sites excluding steroid dienone is 3. The van der Waals surface area contributed by atoms with E-state index in [4.69, 9.17) is 4.74 Å². The second kappa shape index (κ2) is 9.69. The lowest BCUT2D eigenvalue weighted by molar-refractivity contribution is 0.0427. The Labute approximate surface area is 165 Å². The highest BCUT2D eigenvalue weighted by Gasteiger charge is 2.29. The molecule has 0 atom stereocenters. The van der Waals surface area contributed by atoms with Crippen molar-refractivity contribution in [2.24, 2.45) is 10.4 Å². The molecule has 0 saturated carbocycles. The Kier molecular flexibility index (Phi) is 8.48. The van der Waals surface area contributed by atoms with E-state index in [1.807, 2.05) is 12.3 Å². The Hall–Kier alpha value is -1.40. The quantitative estimate of drug-likeness (QED) is 0.464. The van der Waals surface area contributed by atoms with Crippen molar-refractivity contribution in [1.82, 2.24) is 5.32 Å². The van der Waals surface area contributed by atoms with Gasteiger partial charge in [-0.2, -0.15) is 0 Å². The van der Waals surface area contributed by atoms with Crippen LogP contribution in [0.4, 0.5) is 0 Å². The van der Waals surface area contributed by atoms with E-state index < -0.39 is 15.4 Å². The molecule has 1 N–H and O–H groups in total. The Balaban J connectivity index is 3.23. The number of hydrogen-bond donors (Lipinski definition) is 1. The van der Waals surface area contributed by atoms with Crippen LogP contribution in [0, 0.1) is 5.41 Å². The van der Waals surface area contributed by atoms with Gasteiger partial charge in [-0.1, -0.05) is 46.3 Å². The van der Waals surface area contributed by atoms with Crippen molar-refractivity contribution >= 4 is 16.1 Å². The van der Waals surface area contributed by atoms with Crippen LogP contribution in [0.25, 0.3) is 0 Å². The van der Waals surface area contributed by atoms with E-state index in [0.717, 1.165) is 25.1 Å². The van der Waals surface area contributed by atoms with Crippen LogP contribution in [0.15, 0.2) is 39.5 Å². The highest BCUT2D eigenvalue weighted by Crippen LogP contribution is 2.25. The van der Waals surface area contributed by atoms with Crippen molar-refractivity contribution < 1.29 is 13.2 Å². The Morgan fingerprint density at radius 3 is 2.44 bits per heavy atom. The standard InChI is InChI=1S/C21H36N2O3S/c1-8-9-13-22-18-12-10-11-17(14-19(18)23-15-20(2,3)4)27(24,25)16-21(5,6)26-7/h11-12,14-15,22H,8-10,13,16H2,1-7H3. The number of methoxy groups -OCH3 is 1. The average molecular weight is 397 g/mol. The zero-order valence-electron chi connectivity index (χ0n) is 17.9. The van der Waals surface area contributed by atoms with Crippen molar-refractivity contribution in [3.63, 3.8) is 0 Å². The van der Waals surface area contributed by atoms with E-state index in [0.29, 0.717) is 17.0 Å². The summed E-state index contributed by atoms with van der Waals surface area (Å²) in [6.45, 7) is 12.7. The third kappa shape index (κ3) is 8.43. The number of ether oxygens (including phenoxy) is 1. The van der Waals surface area contributed by atoms with Gasteiger partial charge >= 0.3 is 0 Å². The fraction of sp³-hybridized carbons (Fsp3) is 0.667. The number of aliphatic imine (C=N–C) groups is 1. The maximum absolute atomic E-state index is 12.9. The second-order valence-electron chi connectivity index (χ2n) is 8.62. The summed E-state index contributed by atoms with van der Waals surface area (Å²) < 4.78 is 31.2. The zero-order chi connectivity index (χ0) is 20.7. The van der Waals surface area contributed by atoms with E-state index in [1.54, 1.807) is 26.0 Å². The maximum atomic E-state index is 12.9. The van der Waals surface area contributed by atoms with E-state index in [-0.39, 0.29) is 11.2 Å². The second-order valence-corrected chi connectivity index (χ2v) is 10.6. The largest absolute Gasteiger partial charge is 0.384 e. The minimum absolute atomic E-state index is 0.0757. The maximum Gasteiger partial charge on any atom is 0.180 e. The van der Waals surface area contributed by atoms with Gasteiger partial charge in [0.2, 0.25) is 0 Å². The summed E-state index contributed by atoms with van der Waals surface area (Å²) in [7, 11) is -1.96. The molecule has 0 amide bonds. The van der Waals surface area contributed by atoms with Crippen LogP contribution >= 0.6 is 0 Å². The molecule has 0 aromatic heterocycles. The van der Waals surface area contributed by atoms with Crippen molar-refractivity contribution in [3.8, 4) is 0 Å². The first-order chi connectivity index (χ1) is 12.4. The summed E-state index contributed by atoms with van der Waals surface area (Å²) in [5.74, 6) is -0.0757. The van der Waals surface area contributed by atoms with Crippen LogP contribution in [-0.2, 0) is 14.6 Å². The molecule has 0 aromatic carbocycles. The molecule has 0 aromatic rings. The topological polar surface area (TPSA) is 67.8 Å². The van der Waals surface area contributed by atoms with Gasteiger partial charge in [0.05, 0.1) is 27.7 Å². The number of sulfone groups is 1. The molecule has 0 bridgehead atoms. The third-order valence-corrected chi connectivity index (χ3v) is 6.16. The highest BCUT2D eigenvalue weighted by molar-refractivity contribution is 7.95. The number of hydrogen-bond acceptors (Lipinski definition) is 5. The van der Waals surface area contributed by atoms with Crippen LogP contribution in [0.3, 0.4) is 0 Å². The molecule has 154 valence electrons. The van der Waals surface area contributed by atoms with Crippen LogP contribution < -0.4 is 5.32 Å². The van der Waals surface area contributed by atoms with E-state index >= 15 is 0 Å². The van der Waals surface area contributed by atoms with Crippen molar-refractivity contribution in [2.75, 3.05) is 19.4 Å². The predicted molar refractivity (Wildman–Crippen MR) is 115 cm³/mol. The van der Waals surface area contributed by atoms with Crippen LogP contribution in [0.1, 0.15) is 60.8 Å². The molecule has 6 heteroatoms. The molecule has 0 heterocycles. The van der Waals surface area contributed by atoms with Gasteiger partial charge in [0.25, 0.3) is 0 Å². The first kappa shape index (κ1) is 23.6. The molecular weight excluding hydrogens is 360 g/mol. The highest BCUT2D eigenvalue weighted by atomic mass is 32.2. The molecule has 27 heavy (non-hydrogen) atoms. The van der Waals surface area contributed by atoms with Crippen molar-refractivity contribution in [3.05, 3.63) is 34.5 Å². The summed E-state index contributed by atoms with van der Waals surface area (Å²) in [6, 6.07) is 0. The predicted octanol–water partition coefficient (Wildman–Crippen LogP) is 4.39. The van der Waals surface area contributed by atoms with Gasteiger partial charge in [0.1, 0.15) is 0 Å². The molecular formula is C21H36N2O3S. The van der Waals surface area contributed by atoms with Gasteiger partial charge in [-0.3, -0.25) is 4.99 Å². The molecule has 0 unspecified atom stereocenters. The van der Waals surface area contributed by atoms with E-state index in [1.165, 1.54) is 7.11 Å². The Morgan fingerprint density at radius 1 is 1.22 bits per heavy atom. The summed E-state index contributed by atoms with van der Waals surface area (Å²) >= 11 is 0. The number of rotatable bonds is 9. The summed E-state index contributed by atoms with van der Waals surface area (Å²) in [5.41, 5.74) is 0.701. The molecule has 0 saturated heterocycles. The van der Waals surface area contributed by atoms with E-state index in [2.05, 4.69) is 38.0 Å². The van der Waals surface area contributed by atoms with Crippen molar-refractivity contribution in [2.45, 2.75) is 66.4 Å². The van der Waals surface area contributed by atoms with Crippen LogP contribution in [-0.4, -0.2) is 39.6 Å². The van der Waals surface area contributed by atoms with E-state index in [9.17, 15) is 8.42 Å². The molecule has 0 spiro atoms. The molecule has 0 aliphatic heterocycles. The van der Waals surface area contributed by atoms with Gasteiger partial charge in [-0.15, -0.1) is 0 Å². The lowest BCUT2D eigenvalue weighted by Gasteiger charge is -2.22. The average Bonchev–Trinajstić information content (AvgIpc) is 2.74. The van der Waals surface area contributed by atoms with Crippen molar-refractivity contribution in [1.29, 1.82) is 0 Å². The Morgan fingerprint density at radius 2 is 1.89 bits per heavy atom. The smallest absolute Gasteiger partial charge is 0.180 e. The minimum Gasteiger partial charge on any atom is -0.384 e. The molecule has 0 radical (unpaired) electrons. The third-order valence-electron chi connectivity index (χ3n) is 4.08. The number of nitrogens with zero attached hydrogens (tertiary/aromatic N) is 1. The summed E-state index contributed by atoms with van der Waals surface area (Å²) in [5, 5.41) is 3.41. The molecule has 5 nitrogen and oxygen atoms in total. The van der Waals surface area contributed by atoms with Crippen LogP contribution in [0.5, 0.6) is 0 Å². The monoisotopic (exact) mass is 396 g/mol. The zero-order valence-corrected chi connectivity index (χ0v) is 18.7. The molecule has 1 rings (SSSR count). The summed E-state index contributed by atoms with van der Waals surface area (Å²) in [6.07, 6.45) is 9.99. The minimum atomic E-state index is -3.49. The lowest BCUT2D eigenvalue weighted by atomic mass is 9.99. The van der Waals surface area contributed by atoms with Gasteiger partial charge in [-0.05, 0) is 38.2 Å². The van der Waals surface area contributed by atoms with Crippen LogP contribution in [0.2, 0.25) is 0 Å². The van der Waals surface area contributed by atoms with Gasteiger partial charge in [0, 0.05) is 19.9 Å². The molecule has 1 aliphatic carbocycles. The van der Waals surface area contributed by atoms with Gasteiger partial charge < -0.3 is 10.1 Å². The molecule has 1 aliphatic rings. The Bertz CT molecular complexity index is 721. The molecule has 0 fully saturated rings. The van der Waals surface area contributed by atoms with Gasteiger partial charge in [0.15, 0.2) is 9.84 Å². The fourth-order valence-electron chi connectivity index (χ4n) is 2.42. The fourth-order valence-corrected chi connectivity index (χ4v) is 4.26. The summed E-state index contributed by atoms with van der Waals surface area (Å²) in [4.78, 5) is 4.93. The van der Waals surface area contributed by atoms with Gasteiger partial charge in [-0.25, -0.2) is 8.42 Å². The number of unbranched alkanes of at least 4 members (excludes halogenated alkanes) is 1.